The van der Waals surface area contributed by atoms with Gasteiger partial charge in [-0.3, -0.25) is 9.59 Å². The van der Waals surface area contributed by atoms with Gasteiger partial charge in [0.25, 0.3) is 5.56 Å². The Labute approximate surface area is 260 Å². The van der Waals surface area contributed by atoms with E-state index in [2.05, 4.69) is 21.2 Å². The van der Waals surface area contributed by atoms with Crippen LogP contribution in [0.3, 0.4) is 0 Å². The van der Waals surface area contributed by atoms with E-state index in [9.17, 15) is 9.59 Å². The number of aryl methyl sites for hydroxylation is 1. The molecule has 8 nitrogen and oxygen atoms in total. The van der Waals surface area contributed by atoms with Crippen LogP contribution in [0.2, 0.25) is 0 Å². The van der Waals surface area contributed by atoms with Gasteiger partial charge in [0.15, 0.2) is 5.76 Å². The largest absolute Gasteiger partial charge is 0.453 e. The lowest BCUT2D eigenvalue weighted by molar-refractivity contribution is -0.116. The summed E-state index contributed by atoms with van der Waals surface area (Å²) in [6, 6.07) is 30.3. The van der Waals surface area contributed by atoms with Crippen LogP contribution in [0.1, 0.15) is 16.8 Å². The van der Waals surface area contributed by atoms with Crippen molar-refractivity contribution in [3.05, 3.63) is 129 Å². The molecular formula is C35H26BrN5O3. The van der Waals surface area contributed by atoms with Crippen LogP contribution in [-0.4, -0.2) is 26.3 Å². The third kappa shape index (κ3) is 5.01. The number of carbonyl (C=O) groups excluding carboxylic acids is 1. The number of para-hydroxylation sites is 2. The van der Waals surface area contributed by atoms with E-state index < -0.39 is 0 Å². The van der Waals surface area contributed by atoms with Gasteiger partial charge in [0.1, 0.15) is 12.1 Å². The number of nitrogens with zero attached hydrogens (tertiary/aromatic N) is 4. The normalized spacial score (nSPS) is 11.7. The lowest BCUT2D eigenvalue weighted by Crippen LogP contribution is -2.20. The van der Waals surface area contributed by atoms with Gasteiger partial charge in [-0.05, 0) is 68.4 Å². The minimum absolute atomic E-state index is 0.116. The Hall–Kier alpha value is -5.28. The number of rotatable bonds is 6. The van der Waals surface area contributed by atoms with Crippen LogP contribution in [0.25, 0.3) is 44.4 Å². The smallest absolute Gasteiger partial charge is 0.282 e. The van der Waals surface area contributed by atoms with Gasteiger partial charge in [-0.1, -0.05) is 64.0 Å². The second-order valence-corrected chi connectivity index (χ2v) is 11.5. The number of fused-ring (bicyclic) bond motifs is 3. The van der Waals surface area contributed by atoms with Crippen LogP contribution < -0.4 is 10.9 Å². The summed E-state index contributed by atoms with van der Waals surface area (Å²) in [7, 11) is 0. The van der Waals surface area contributed by atoms with Crippen molar-refractivity contribution in [1.82, 2.24) is 14.2 Å². The van der Waals surface area contributed by atoms with Crippen molar-refractivity contribution in [1.29, 1.82) is 0 Å². The highest BCUT2D eigenvalue weighted by molar-refractivity contribution is 9.10. The first-order valence-corrected chi connectivity index (χ1v) is 14.8. The molecule has 0 unspecified atom stereocenters. The summed E-state index contributed by atoms with van der Waals surface area (Å²) in [5, 5.41) is 9.91. The minimum Gasteiger partial charge on any atom is -0.453 e. The molecule has 0 radical (unpaired) electrons. The fourth-order valence-electron chi connectivity index (χ4n) is 5.44. The molecule has 0 fully saturated rings. The van der Waals surface area contributed by atoms with Crippen LogP contribution in [0.5, 0.6) is 0 Å². The Balaban J connectivity index is 1.32. The number of amides is 1. The summed E-state index contributed by atoms with van der Waals surface area (Å²) in [6.07, 6.45) is 1.66. The molecule has 1 N–H and O–H groups in total. The number of halogens is 1. The number of carbonyl (C=O) groups is 1. The molecule has 0 aliphatic rings. The molecule has 0 atom stereocenters. The monoisotopic (exact) mass is 643 g/mol. The zero-order chi connectivity index (χ0) is 30.4. The number of aromatic nitrogens is 3. The second kappa shape index (κ2) is 11.1. The third-order valence-corrected chi connectivity index (χ3v) is 8.16. The van der Waals surface area contributed by atoms with Crippen molar-refractivity contribution in [2.75, 3.05) is 5.32 Å². The number of hydrogen-bond acceptors (Lipinski definition) is 5. The molecule has 0 bridgehead atoms. The molecule has 0 aliphatic carbocycles. The lowest BCUT2D eigenvalue weighted by Gasteiger charge is -2.10. The average molecular weight is 645 g/mol. The second-order valence-electron chi connectivity index (χ2n) is 10.6. The third-order valence-electron chi connectivity index (χ3n) is 7.67. The van der Waals surface area contributed by atoms with Crippen molar-refractivity contribution in [3.8, 4) is 11.6 Å². The van der Waals surface area contributed by atoms with Crippen molar-refractivity contribution in [3.63, 3.8) is 0 Å². The Bertz CT molecular complexity index is 2310. The first kappa shape index (κ1) is 27.5. The Morgan fingerprint density at radius 2 is 1.70 bits per heavy atom. The Morgan fingerprint density at radius 1 is 0.955 bits per heavy atom. The van der Waals surface area contributed by atoms with E-state index in [4.69, 9.17) is 14.5 Å². The molecule has 3 heterocycles. The molecule has 4 aromatic carbocycles. The zero-order valence-corrected chi connectivity index (χ0v) is 25.5. The molecule has 9 heteroatoms. The summed E-state index contributed by atoms with van der Waals surface area (Å²) in [6.45, 7) is 4.07. The highest BCUT2D eigenvalue weighted by Gasteiger charge is 2.19. The van der Waals surface area contributed by atoms with Gasteiger partial charge in [-0.2, -0.15) is 9.78 Å². The van der Waals surface area contributed by atoms with E-state index in [1.165, 1.54) is 4.68 Å². The molecular weight excluding hydrogens is 618 g/mol. The highest BCUT2D eigenvalue weighted by atomic mass is 79.9. The maximum Gasteiger partial charge on any atom is 0.282 e. The predicted molar refractivity (Wildman–Crippen MR) is 178 cm³/mol. The molecule has 0 saturated heterocycles. The van der Waals surface area contributed by atoms with Crippen LogP contribution in [-0.2, 0) is 11.3 Å². The van der Waals surface area contributed by atoms with Crippen LogP contribution in [0, 0.1) is 13.8 Å². The highest BCUT2D eigenvalue weighted by Crippen LogP contribution is 2.30. The molecule has 216 valence electrons. The fraction of sp³-hybridized carbons (Fsp3) is 0.0857. The van der Waals surface area contributed by atoms with Gasteiger partial charge in [0.2, 0.25) is 11.7 Å². The van der Waals surface area contributed by atoms with E-state index in [1.54, 1.807) is 24.4 Å². The SMILES string of the molecule is Cc1ccc(NC(=O)Cn2c(C)c(C=Nn3c(-c4cc5cc(Br)ccc5o4)nc4ccccc4c3=O)c3ccccc32)cc1. The number of benzene rings is 4. The van der Waals surface area contributed by atoms with Crippen LogP contribution in [0.15, 0.2) is 116 Å². The number of hydrogen-bond donors (Lipinski definition) is 1. The van der Waals surface area contributed by atoms with E-state index in [1.807, 2.05) is 97.3 Å². The van der Waals surface area contributed by atoms with Gasteiger partial charge in [-0.25, -0.2) is 4.98 Å². The predicted octanol–water partition coefficient (Wildman–Crippen LogP) is 7.66. The van der Waals surface area contributed by atoms with Crippen LogP contribution in [0.4, 0.5) is 5.69 Å². The van der Waals surface area contributed by atoms with Gasteiger partial charge in [0.05, 0.1) is 17.1 Å². The summed E-state index contributed by atoms with van der Waals surface area (Å²) in [5.74, 6) is 0.566. The summed E-state index contributed by atoms with van der Waals surface area (Å²) in [4.78, 5) is 31.7. The van der Waals surface area contributed by atoms with Crippen molar-refractivity contribution in [2.24, 2.45) is 5.10 Å². The fourth-order valence-corrected chi connectivity index (χ4v) is 5.81. The van der Waals surface area contributed by atoms with E-state index in [0.717, 1.165) is 43.3 Å². The topological polar surface area (TPSA) is 94.4 Å². The van der Waals surface area contributed by atoms with Crippen LogP contribution >= 0.6 is 15.9 Å². The number of furan rings is 1. The molecule has 0 spiro atoms. The Morgan fingerprint density at radius 3 is 2.52 bits per heavy atom. The molecule has 0 saturated carbocycles. The van der Waals surface area contributed by atoms with Crippen molar-refractivity contribution < 1.29 is 9.21 Å². The molecule has 7 aromatic rings. The van der Waals surface area contributed by atoms with E-state index >= 15 is 0 Å². The zero-order valence-electron chi connectivity index (χ0n) is 23.9. The van der Waals surface area contributed by atoms with Gasteiger partial charge >= 0.3 is 0 Å². The first-order chi connectivity index (χ1) is 21.4. The van der Waals surface area contributed by atoms with Gasteiger partial charge in [0, 0.05) is 37.7 Å². The Kier molecular flexibility index (Phi) is 6.94. The summed E-state index contributed by atoms with van der Waals surface area (Å²) >= 11 is 3.51. The average Bonchev–Trinajstić information content (AvgIpc) is 3.56. The number of nitrogens with one attached hydrogen (secondary N) is 1. The summed E-state index contributed by atoms with van der Waals surface area (Å²) in [5.41, 5.74) is 5.28. The standard InChI is InChI=1S/C35H26BrN5O3/c1-21-11-14-25(15-12-21)38-33(42)20-40-22(2)28(26-7-4-6-10-30(26)40)19-37-41-34(39-29-9-5-3-8-27(29)35(41)43)32-18-23-17-24(36)13-16-31(23)44-32/h3-19H,20H2,1-2H3,(H,38,42). The lowest BCUT2D eigenvalue weighted by atomic mass is 10.1. The van der Waals surface area contributed by atoms with Crippen molar-refractivity contribution >= 4 is 66.5 Å². The first-order valence-electron chi connectivity index (χ1n) is 14.1. The number of anilines is 1. The van der Waals surface area contributed by atoms with Crippen molar-refractivity contribution in [2.45, 2.75) is 20.4 Å². The van der Waals surface area contributed by atoms with E-state index in [0.29, 0.717) is 22.2 Å². The maximum atomic E-state index is 13.8. The van der Waals surface area contributed by atoms with Gasteiger partial charge in [-0.15, -0.1) is 0 Å². The molecule has 0 aliphatic heterocycles. The quantitative estimate of drug-likeness (QED) is 0.188. The molecule has 3 aromatic heterocycles. The molecule has 1 amide bonds. The molecule has 7 rings (SSSR count). The minimum atomic E-state index is -0.317. The molecule has 44 heavy (non-hydrogen) atoms. The maximum absolute atomic E-state index is 13.8. The van der Waals surface area contributed by atoms with E-state index in [-0.39, 0.29) is 23.8 Å². The summed E-state index contributed by atoms with van der Waals surface area (Å²) < 4.78 is 10.3. The van der Waals surface area contributed by atoms with Gasteiger partial charge < -0.3 is 14.3 Å².